The zero-order chi connectivity index (χ0) is 22.3. The average Bonchev–Trinajstić information content (AvgIpc) is 3.30. The van der Waals surface area contributed by atoms with Gasteiger partial charge in [-0.05, 0) is 49.1 Å². The van der Waals surface area contributed by atoms with Crippen LogP contribution in [0.25, 0.3) is 0 Å². The first kappa shape index (κ1) is 20.7. The Morgan fingerprint density at radius 1 is 0.938 bits per heavy atom. The molecule has 1 atom stereocenters. The maximum absolute atomic E-state index is 13.2. The van der Waals surface area contributed by atoms with E-state index in [1.54, 1.807) is 0 Å². The van der Waals surface area contributed by atoms with Gasteiger partial charge in [0, 0.05) is 18.8 Å². The molecule has 2 aromatic rings. The van der Waals surface area contributed by atoms with Crippen molar-refractivity contribution in [1.29, 1.82) is 0 Å². The molecule has 0 bridgehead atoms. The summed E-state index contributed by atoms with van der Waals surface area (Å²) >= 11 is 0. The minimum Gasteiger partial charge on any atom is -0.339 e. The topological polar surface area (TPSA) is 73.0 Å². The van der Waals surface area contributed by atoms with E-state index in [1.165, 1.54) is 10.5 Å². The molecule has 0 saturated carbocycles. The van der Waals surface area contributed by atoms with E-state index in [0.717, 1.165) is 12.1 Å². The zero-order valence-electron chi connectivity index (χ0n) is 18.3. The largest absolute Gasteiger partial charge is 0.339 e. The van der Waals surface area contributed by atoms with E-state index in [9.17, 15) is 14.4 Å². The first-order chi connectivity index (χ1) is 15.5. The molecule has 7 nitrogen and oxygen atoms in total. The van der Waals surface area contributed by atoms with Gasteiger partial charge in [-0.3, -0.25) is 19.3 Å². The molecule has 166 valence electrons. The van der Waals surface area contributed by atoms with E-state index in [1.807, 2.05) is 54.6 Å². The van der Waals surface area contributed by atoms with Crippen molar-refractivity contribution in [3.63, 3.8) is 0 Å². The molecular weight excluding hydrogens is 404 g/mol. The second-order valence-corrected chi connectivity index (χ2v) is 8.80. The molecule has 3 fully saturated rings. The summed E-state index contributed by atoms with van der Waals surface area (Å²) in [6.45, 7) is 3.77. The first-order valence-electron chi connectivity index (χ1n) is 11.3. The van der Waals surface area contributed by atoms with Gasteiger partial charge < -0.3 is 10.2 Å². The van der Waals surface area contributed by atoms with Crippen LogP contribution in [-0.4, -0.2) is 54.0 Å². The van der Waals surface area contributed by atoms with Crippen molar-refractivity contribution in [3.05, 3.63) is 60.2 Å². The number of nitrogens with one attached hydrogen (secondary N) is 1. The number of imide groups is 1. The number of piperidine rings is 1. The number of amides is 3. The van der Waals surface area contributed by atoms with Gasteiger partial charge in [-0.25, -0.2) is 4.90 Å². The van der Waals surface area contributed by atoms with Crippen LogP contribution in [0.2, 0.25) is 0 Å². The van der Waals surface area contributed by atoms with Gasteiger partial charge in [-0.2, -0.15) is 0 Å². The van der Waals surface area contributed by atoms with Gasteiger partial charge in [0.05, 0.1) is 24.8 Å². The predicted molar refractivity (Wildman–Crippen MR) is 122 cm³/mol. The predicted octanol–water partition coefficient (Wildman–Crippen LogP) is 2.31. The van der Waals surface area contributed by atoms with Crippen LogP contribution in [0.5, 0.6) is 0 Å². The average molecular weight is 433 g/mol. The number of carbonyl (C=O) groups excluding carboxylic acids is 3. The fourth-order valence-electron chi connectivity index (χ4n) is 5.29. The maximum Gasteiger partial charge on any atom is 0.251 e. The second-order valence-electron chi connectivity index (χ2n) is 8.80. The first-order valence-corrected chi connectivity index (χ1v) is 11.3. The van der Waals surface area contributed by atoms with Gasteiger partial charge in [0.15, 0.2) is 0 Å². The van der Waals surface area contributed by atoms with Crippen molar-refractivity contribution >= 4 is 29.1 Å². The molecule has 3 aliphatic rings. The number of nitrogens with zero attached hydrogens (tertiary/aromatic N) is 3. The molecule has 2 aromatic carbocycles. The van der Waals surface area contributed by atoms with E-state index in [2.05, 4.69) is 22.0 Å². The van der Waals surface area contributed by atoms with Gasteiger partial charge in [0.1, 0.15) is 5.54 Å². The number of hydrogen-bond donors (Lipinski definition) is 1. The zero-order valence-corrected chi connectivity index (χ0v) is 18.3. The molecule has 3 saturated heterocycles. The smallest absolute Gasteiger partial charge is 0.251 e. The van der Waals surface area contributed by atoms with Gasteiger partial charge in [0.25, 0.3) is 5.91 Å². The number of anilines is 2. The molecule has 5 rings (SSSR count). The van der Waals surface area contributed by atoms with Crippen LogP contribution < -0.4 is 15.1 Å². The monoisotopic (exact) mass is 432 g/mol. The van der Waals surface area contributed by atoms with Crippen LogP contribution in [0, 0.1) is 0 Å². The standard InChI is InChI=1S/C25H28N4O3/c1-2-18-8-10-20(11-9-18)29-22(30)16-21(23(29)31)27-14-12-25(13-15-27)24(32)26-17-28(25)19-6-4-3-5-7-19/h3-11,21H,2,12-17H2,1H3,(H,26,32)/t21-/m1/s1. The highest BCUT2D eigenvalue weighted by molar-refractivity contribution is 6.22. The van der Waals surface area contributed by atoms with Gasteiger partial charge >= 0.3 is 0 Å². The lowest BCUT2D eigenvalue weighted by Gasteiger charge is -2.44. The number of hydrogen-bond acceptors (Lipinski definition) is 5. The number of aryl methyl sites for hydroxylation is 1. The summed E-state index contributed by atoms with van der Waals surface area (Å²) in [6, 6.07) is 17.1. The minimum absolute atomic E-state index is 0.0486. The molecule has 7 heteroatoms. The van der Waals surface area contributed by atoms with Crippen LogP contribution in [-0.2, 0) is 20.8 Å². The minimum atomic E-state index is -0.598. The molecular formula is C25H28N4O3. The highest BCUT2D eigenvalue weighted by Crippen LogP contribution is 2.38. The number of para-hydroxylation sites is 1. The van der Waals surface area contributed by atoms with Crippen LogP contribution >= 0.6 is 0 Å². The molecule has 0 aromatic heterocycles. The van der Waals surface area contributed by atoms with Crippen molar-refractivity contribution in [2.45, 2.75) is 44.2 Å². The summed E-state index contributed by atoms with van der Waals surface area (Å²) in [5.41, 5.74) is 2.23. The third kappa shape index (κ3) is 3.28. The third-order valence-corrected chi connectivity index (χ3v) is 7.20. The molecule has 3 aliphatic heterocycles. The Morgan fingerprint density at radius 3 is 2.28 bits per heavy atom. The summed E-state index contributed by atoms with van der Waals surface area (Å²) < 4.78 is 0. The normalized spacial score (nSPS) is 23.3. The van der Waals surface area contributed by atoms with Gasteiger partial charge in [-0.15, -0.1) is 0 Å². The Hall–Kier alpha value is -3.19. The number of rotatable bonds is 4. The number of carbonyl (C=O) groups is 3. The Balaban J connectivity index is 1.31. The lowest BCUT2D eigenvalue weighted by molar-refractivity contribution is -0.126. The summed E-state index contributed by atoms with van der Waals surface area (Å²) in [6.07, 6.45) is 2.34. The molecule has 1 N–H and O–H groups in total. The summed E-state index contributed by atoms with van der Waals surface area (Å²) in [5, 5.41) is 3.01. The fraction of sp³-hybridized carbons (Fsp3) is 0.400. The Kier molecular flexibility index (Phi) is 5.21. The lowest BCUT2D eigenvalue weighted by Crippen LogP contribution is -2.58. The van der Waals surface area contributed by atoms with Gasteiger partial charge in [0.2, 0.25) is 11.8 Å². The van der Waals surface area contributed by atoms with Crippen LogP contribution in [0.15, 0.2) is 54.6 Å². The number of benzene rings is 2. The van der Waals surface area contributed by atoms with Crippen LogP contribution in [0.3, 0.4) is 0 Å². The van der Waals surface area contributed by atoms with Crippen molar-refractivity contribution in [3.8, 4) is 0 Å². The van der Waals surface area contributed by atoms with E-state index in [0.29, 0.717) is 38.3 Å². The van der Waals surface area contributed by atoms with E-state index >= 15 is 0 Å². The molecule has 0 aliphatic carbocycles. The Bertz CT molecular complexity index is 1030. The SMILES string of the molecule is CCc1ccc(N2C(=O)C[C@@H](N3CCC4(CC3)C(=O)NCN4c3ccccc3)C2=O)cc1. The van der Waals surface area contributed by atoms with E-state index in [4.69, 9.17) is 0 Å². The van der Waals surface area contributed by atoms with Crippen LogP contribution in [0.1, 0.15) is 31.7 Å². The Morgan fingerprint density at radius 2 is 1.62 bits per heavy atom. The van der Waals surface area contributed by atoms with Crippen molar-refractivity contribution in [1.82, 2.24) is 10.2 Å². The van der Waals surface area contributed by atoms with Crippen LogP contribution in [0.4, 0.5) is 11.4 Å². The molecule has 3 heterocycles. The molecule has 3 amide bonds. The molecule has 32 heavy (non-hydrogen) atoms. The highest BCUT2D eigenvalue weighted by atomic mass is 16.2. The second kappa shape index (κ2) is 8.06. The fourth-order valence-corrected chi connectivity index (χ4v) is 5.29. The quantitative estimate of drug-likeness (QED) is 0.751. The highest BCUT2D eigenvalue weighted by Gasteiger charge is 2.52. The molecule has 1 spiro atoms. The summed E-state index contributed by atoms with van der Waals surface area (Å²) in [4.78, 5) is 44.4. The molecule has 0 unspecified atom stereocenters. The van der Waals surface area contributed by atoms with E-state index in [-0.39, 0.29) is 24.1 Å². The summed E-state index contributed by atoms with van der Waals surface area (Å²) in [7, 11) is 0. The Labute approximate surface area is 188 Å². The summed E-state index contributed by atoms with van der Waals surface area (Å²) in [5.74, 6) is -0.271. The van der Waals surface area contributed by atoms with Crippen molar-refractivity contribution in [2.75, 3.05) is 29.6 Å². The molecule has 0 radical (unpaired) electrons. The third-order valence-electron chi connectivity index (χ3n) is 7.20. The van der Waals surface area contributed by atoms with Gasteiger partial charge in [-0.1, -0.05) is 37.3 Å². The van der Waals surface area contributed by atoms with E-state index < -0.39 is 11.6 Å². The maximum atomic E-state index is 13.2. The lowest BCUT2D eigenvalue weighted by atomic mass is 9.85. The number of likely N-dealkylation sites (tertiary alicyclic amines) is 1. The van der Waals surface area contributed by atoms with Crippen molar-refractivity contribution in [2.24, 2.45) is 0 Å². The van der Waals surface area contributed by atoms with Crippen molar-refractivity contribution < 1.29 is 14.4 Å².